The van der Waals surface area contributed by atoms with Gasteiger partial charge in [0.25, 0.3) is 10.2 Å². The molecule has 0 radical (unpaired) electrons. The summed E-state index contributed by atoms with van der Waals surface area (Å²) in [5.74, 6) is 0.649. The van der Waals surface area contributed by atoms with Gasteiger partial charge in [0.2, 0.25) is 0 Å². The Bertz CT molecular complexity index is 807. The summed E-state index contributed by atoms with van der Waals surface area (Å²) in [5.41, 5.74) is 0.771. The van der Waals surface area contributed by atoms with Crippen LogP contribution in [0.4, 0.5) is 0 Å². The van der Waals surface area contributed by atoms with Crippen LogP contribution in [0, 0.1) is 0 Å². The predicted molar refractivity (Wildman–Crippen MR) is 95.8 cm³/mol. The third-order valence-electron chi connectivity index (χ3n) is 4.23. The lowest BCUT2D eigenvalue weighted by Gasteiger charge is -2.23. The van der Waals surface area contributed by atoms with Crippen molar-refractivity contribution >= 4 is 21.1 Å². The van der Waals surface area contributed by atoms with Crippen LogP contribution in [-0.4, -0.2) is 57.2 Å². The highest BCUT2D eigenvalue weighted by molar-refractivity contribution is 7.87. The SMILES string of the molecule is COCC1CCCN1S(=O)(=O)NCCOc1cccc2cccnc12. The van der Waals surface area contributed by atoms with E-state index in [1.807, 2.05) is 30.3 Å². The molecule has 1 saturated heterocycles. The maximum Gasteiger partial charge on any atom is 0.279 e. The van der Waals surface area contributed by atoms with E-state index in [0.29, 0.717) is 18.9 Å². The Hall–Kier alpha value is -1.74. The molecule has 1 aromatic heterocycles. The molecule has 0 saturated carbocycles. The molecule has 1 N–H and O–H groups in total. The summed E-state index contributed by atoms with van der Waals surface area (Å²) in [5, 5.41) is 0.986. The number of pyridine rings is 1. The van der Waals surface area contributed by atoms with E-state index in [9.17, 15) is 8.42 Å². The summed E-state index contributed by atoms with van der Waals surface area (Å²) < 4.78 is 39.8. The van der Waals surface area contributed by atoms with Gasteiger partial charge in [0.1, 0.15) is 17.9 Å². The van der Waals surface area contributed by atoms with Crippen molar-refractivity contribution in [3.63, 3.8) is 0 Å². The lowest BCUT2D eigenvalue weighted by atomic mass is 10.2. The van der Waals surface area contributed by atoms with Crippen molar-refractivity contribution in [1.82, 2.24) is 14.0 Å². The Morgan fingerprint density at radius 2 is 2.16 bits per heavy atom. The molecule has 1 aromatic carbocycles. The molecule has 1 unspecified atom stereocenters. The van der Waals surface area contributed by atoms with E-state index in [4.69, 9.17) is 9.47 Å². The average Bonchev–Trinajstić information content (AvgIpc) is 3.08. The topological polar surface area (TPSA) is 80.8 Å². The summed E-state index contributed by atoms with van der Waals surface area (Å²) in [4.78, 5) is 4.32. The fourth-order valence-corrected chi connectivity index (χ4v) is 4.53. The van der Waals surface area contributed by atoms with Gasteiger partial charge in [-0.15, -0.1) is 0 Å². The zero-order valence-electron chi connectivity index (χ0n) is 14.2. The molecule has 8 heteroatoms. The molecule has 1 aliphatic rings. The van der Waals surface area contributed by atoms with E-state index in [2.05, 4.69) is 9.71 Å². The van der Waals surface area contributed by atoms with Crippen LogP contribution >= 0.6 is 0 Å². The second-order valence-corrected chi connectivity index (χ2v) is 7.65. The van der Waals surface area contributed by atoms with Gasteiger partial charge in [0, 0.05) is 37.8 Å². The third-order valence-corrected chi connectivity index (χ3v) is 5.90. The van der Waals surface area contributed by atoms with Crippen molar-refractivity contribution < 1.29 is 17.9 Å². The molecule has 25 heavy (non-hydrogen) atoms. The molecule has 2 aromatic rings. The second-order valence-electron chi connectivity index (χ2n) is 5.94. The minimum atomic E-state index is -3.52. The number of hydrogen-bond donors (Lipinski definition) is 1. The second kappa shape index (κ2) is 8.09. The van der Waals surface area contributed by atoms with E-state index in [1.54, 1.807) is 13.3 Å². The summed E-state index contributed by atoms with van der Waals surface area (Å²) in [7, 11) is -1.93. The molecular weight excluding hydrogens is 342 g/mol. The average molecular weight is 365 g/mol. The standard InChI is InChI=1S/C17H23N3O4S/c1-23-13-15-7-4-11-20(15)25(21,22)19-10-12-24-16-8-2-5-14-6-3-9-18-17(14)16/h2-3,5-6,8-9,15,19H,4,7,10-13H2,1H3. The van der Waals surface area contributed by atoms with Crippen LogP contribution in [0.3, 0.4) is 0 Å². The van der Waals surface area contributed by atoms with Crippen LogP contribution in [-0.2, 0) is 14.9 Å². The monoisotopic (exact) mass is 365 g/mol. The molecule has 0 amide bonds. The van der Waals surface area contributed by atoms with Crippen molar-refractivity contribution in [3.8, 4) is 5.75 Å². The largest absolute Gasteiger partial charge is 0.490 e. The minimum Gasteiger partial charge on any atom is -0.490 e. The normalized spacial score (nSPS) is 18.7. The van der Waals surface area contributed by atoms with E-state index in [-0.39, 0.29) is 19.2 Å². The predicted octanol–water partition coefficient (Wildman–Crippen LogP) is 1.56. The molecule has 0 bridgehead atoms. The van der Waals surface area contributed by atoms with Crippen molar-refractivity contribution in [3.05, 3.63) is 36.5 Å². The molecular formula is C17H23N3O4S. The molecule has 1 fully saturated rings. The van der Waals surface area contributed by atoms with Crippen LogP contribution in [0.15, 0.2) is 36.5 Å². The zero-order valence-corrected chi connectivity index (χ0v) is 15.0. The highest BCUT2D eigenvalue weighted by atomic mass is 32.2. The molecule has 2 heterocycles. The van der Waals surface area contributed by atoms with Gasteiger partial charge in [-0.2, -0.15) is 17.4 Å². The quantitative estimate of drug-likeness (QED) is 0.718. The Morgan fingerprint density at radius 1 is 1.32 bits per heavy atom. The molecule has 7 nitrogen and oxygen atoms in total. The van der Waals surface area contributed by atoms with Crippen molar-refractivity contribution in [2.75, 3.05) is 33.4 Å². The van der Waals surface area contributed by atoms with Crippen LogP contribution in [0.1, 0.15) is 12.8 Å². The molecule has 0 aliphatic carbocycles. The van der Waals surface area contributed by atoms with Crippen molar-refractivity contribution in [2.45, 2.75) is 18.9 Å². The van der Waals surface area contributed by atoms with E-state index < -0.39 is 10.2 Å². The number of para-hydroxylation sites is 1. The maximum absolute atomic E-state index is 12.4. The summed E-state index contributed by atoms with van der Waals surface area (Å²) >= 11 is 0. The van der Waals surface area contributed by atoms with Crippen molar-refractivity contribution in [1.29, 1.82) is 0 Å². The Balaban J connectivity index is 1.55. The Kier molecular flexibility index (Phi) is 5.85. The van der Waals surface area contributed by atoms with Gasteiger partial charge in [-0.3, -0.25) is 4.98 Å². The number of aromatic nitrogens is 1. The van der Waals surface area contributed by atoms with Gasteiger partial charge in [0.15, 0.2) is 0 Å². The van der Waals surface area contributed by atoms with Crippen LogP contribution in [0.5, 0.6) is 5.75 Å². The molecule has 136 valence electrons. The summed E-state index contributed by atoms with van der Waals surface area (Å²) in [6.45, 7) is 1.37. The Morgan fingerprint density at radius 3 is 3.00 bits per heavy atom. The fourth-order valence-electron chi connectivity index (χ4n) is 3.09. The number of nitrogens with one attached hydrogen (secondary N) is 1. The highest BCUT2D eigenvalue weighted by Gasteiger charge is 2.33. The number of benzene rings is 1. The summed E-state index contributed by atoms with van der Waals surface area (Å²) in [6, 6.07) is 9.42. The first-order valence-corrected chi connectivity index (χ1v) is 9.78. The number of hydrogen-bond acceptors (Lipinski definition) is 5. The fraction of sp³-hybridized carbons (Fsp3) is 0.471. The first-order chi connectivity index (χ1) is 12.1. The first-order valence-electron chi connectivity index (χ1n) is 8.34. The van der Waals surface area contributed by atoms with E-state index in [1.165, 1.54) is 4.31 Å². The number of rotatable bonds is 8. The minimum absolute atomic E-state index is 0.0920. The van der Waals surface area contributed by atoms with E-state index in [0.717, 1.165) is 23.7 Å². The zero-order chi connectivity index (χ0) is 17.7. The van der Waals surface area contributed by atoms with Gasteiger partial charge in [-0.05, 0) is 25.0 Å². The van der Waals surface area contributed by atoms with Gasteiger partial charge in [-0.25, -0.2) is 0 Å². The molecule has 0 spiro atoms. The number of nitrogens with zero attached hydrogens (tertiary/aromatic N) is 2. The molecule has 1 aliphatic heterocycles. The van der Waals surface area contributed by atoms with Gasteiger partial charge < -0.3 is 9.47 Å². The van der Waals surface area contributed by atoms with Gasteiger partial charge in [-0.1, -0.05) is 18.2 Å². The van der Waals surface area contributed by atoms with Crippen LogP contribution in [0.2, 0.25) is 0 Å². The first kappa shape index (κ1) is 18.1. The third kappa shape index (κ3) is 4.27. The van der Waals surface area contributed by atoms with Crippen LogP contribution < -0.4 is 9.46 Å². The number of fused-ring (bicyclic) bond motifs is 1. The lowest BCUT2D eigenvalue weighted by molar-refractivity contribution is 0.148. The van der Waals surface area contributed by atoms with Gasteiger partial charge >= 0.3 is 0 Å². The van der Waals surface area contributed by atoms with Crippen LogP contribution in [0.25, 0.3) is 10.9 Å². The molecule has 3 rings (SSSR count). The van der Waals surface area contributed by atoms with Crippen molar-refractivity contribution in [2.24, 2.45) is 0 Å². The Labute approximate surface area is 148 Å². The summed E-state index contributed by atoms with van der Waals surface area (Å²) in [6.07, 6.45) is 3.39. The molecule has 1 atom stereocenters. The lowest BCUT2D eigenvalue weighted by Crippen LogP contribution is -2.45. The smallest absolute Gasteiger partial charge is 0.279 e. The van der Waals surface area contributed by atoms with E-state index >= 15 is 0 Å². The number of methoxy groups -OCH3 is 1. The van der Waals surface area contributed by atoms with Gasteiger partial charge in [0.05, 0.1) is 6.61 Å². The number of ether oxygens (including phenoxy) is 2. The maximum atomic E-state index is 12.4. The highest BCUT2D eigenvalue weighted by Crippen LogP contribution is 2.23.